The standard InChI is InChI=1S/C9H7BrF3NO2/c1-16-8(15)7-5(3-10)2-6(4-14-7)9(11,12)13/h2,4H,3H2,1H3. The van der Waals surface area contributed by atoms with Crippen LogP contribution < -0.4 is 0 Å². The lowest BCUT2D eigenvalue weighted by Gasteiger charge is -2.09. The second-order valence-electron chi connectivity index (χ2n) is 2.85. The van der Waals surface area contributed by atoms with E-state index < -0.39 is 17.7 Å². The van der Waals surface area contributed by atoms with Crippen LogP contribution in [0.1, 0.15) is 21.6 Å². The molecule has 0 bridgehead atoms. The van der Waals surface area contributed by atoms with Gasteiger partial charge >= 0.3 is 12.1 Å². The first-order chi connectivity index (χ1) is 7.40. The van der Waals surface area contributed by atoms with E-state index in [4.69, 9.17) is 0 Å². The maximum atomic E-state index is 12.3. The average Bonchev–Trinajstić information content (AvgIpc) is 2.26. The predicted octanol–water partition coefficient (Wildman–Crippen LogP) is 2.78. The van der Waals surface area contributed by atoms with Crippen molar-refractivity contribution in [2.75, 3.05) is 7.11 Å². The SMILES string of the molecule is COC(=O)c1ncc(C(F)(F)F)cc1CBr. The first kappa shape index (κ1) is 13.0. The van der Waals surface area contributed by atoms with Crippen molar-refractivity contribution in [3.05, 3.63) is 29.1 Å². The molecule has 0 saturated heterocycles. The smallest absolute Gasteiger partial charge is 0.417 e. The number of halogens is 4. The molecule has 0 unspecified atom stereocenters. The highest BCUT2D eigenvalue weighted by Crippen LogP contribution is 2.30. The van der Waals surface area contributed by atoms with Crippen molar-refractivity contribution in [1.29, 1.82) is 0 Å². The van der Waals surface area contributed by atoms with Crippen LogP contribution >= 0.6 is 15.9 Å². The van der Waals surface area contributed by atoms with Gasteiger partial charge in [0.2, 0.25) is 0 Å². The Morgan fingerprint density at radius 3 is 2.62 bits per heavy atom. The highest BCUT2D eigenvalue weighted by molar-refractivity contribution is 9.08. The van der Waals surface area contributed by atoms with E-state index in [9.17, 15) is 18.0 Å². The summed E-state index contributed by atoms with van der Waals surface area (Å²) in [6.45, 7) is 0. The van der Waals surface area contributed by atoms with Gasteiger partial charge in [0.15, 0.2) is 5.69 Å². The van der Waals surface area contributed by atoms with Gasteiger partial charge in [-0.3, -0.25) is 0 Å². The van der Waals surface area contributed by atoms with Crippen LogP contribution in [-0.2, 0) is 16.2 Å². The number of aromatic nitrogens is 1. The molecule has 16 heavy (non-hydrogen) atoms. The minimum absolute atomic E-state index is 0.0916. The molecule has 88 valence electrons. The molecule has 0 aliphatic heterocycles. The van der Waals surface area contributed by atoms with Crippen LogP contribution in [0.3, 0.4) is 0 Å². The summed E-state index contributed by atoms with van der Waals surface area (Å²) in [4.78, 5) is 14.6. The zero-order chi connectivity index (χ0) is 12.3. The maximum absolute atomic E-state index is 12.3. The molecule has 0 aromatic carbocycles. The third-order valence-electron chi connectivity index (χ3n) is 1.82. The molecule has 1 rings (SSSR count). The fourth-order valence-electron chi connectivity index (χ4n) is 1.05. The lowest BCUT2D eigenvalue weighted by Crippen LogP contribution is -2.12. The fraction of sp³-hybridized carbons (Fsp3) is 0.333. The zero-order valence-electron chi connectivity index (χ0n) is 8.14. The molecule has 0 spiro atoms. The number of alkyl halides is 4. The number of carbonyl (C=O) groups is 1. The van der Waals surface area contributed by atoms with Crippen LogP contribution in [0.5, 0.6) is 0 Å². The molecule has 0 fully saturated rings. The number of nitrogens with zero attached hydrogens (tertiary/aromatic N) is 1. The average molecular weight is 298 g/mol. The number of hydrogen-bond donors (Lipinski definition) is 0. The summed E-state index contributed by atoms with van der Waals surface area (Å²) in [6.07, 6.45) is -3.86. The first-order valence-electron chi connectivity index (χ1n) is 4.10. The molecular formula is C9H7BrF3NO2. The van der Waals surface area contributed by atoms with Crippen molar-refractivity contribution in [3.8, 4) is 0 Å². The lowest BCUT2D eigenvalue weighted by molar-refractivity contribution is -0.137. The van der Waals surface area contributed by atoms with Crippen molar-refractivity contribution in [3.63, 3.8) is 0 Å². The van der Waals surface area contributed by atoms with Crippen LogP contribution in [-0.4, -0.2) is 18.1 Å². The summed E-state index contributed by atoms with van der Waals surface area (Å²) >= 11 is 2.99. The van der Waals surface area contributed by atoms with Crippen LogP contribution in [0.4, 0.5) is 13.2 Å². The summed E-state index contributed by atoms with van der Waals surface area (Å²) in [7, 11) is 1.14. The predicted molar refractivity (Wildman–Crippen MR) is 53.2 cm³/mol. The van der Waals surface area contributed by atoms with Crippen molar-refractivity contribution in [2.45, 2.75) is 11.5 Å². The van der Waals surface area contributed by atoms with Crippen LogP contribution in [0.25, 0.3) is 0 Å². The van der Waals surface area contributed by atoms with Gasteiger partial charge in [0.25, 0.3) is 0 Å². The van der Waals surface area contributed by atoms with E-state index in [1.165, 1.54) is 0 Å². The summed E-state index contributed by atoms with van der Waals surface area (Å²) in [5.74, 6) is -0.761. The number of hydrogen-bond acceptors (Lipinski definition) is 3. The summed E-state index contributed by atoms with van der Waals surface area (Å²) in [5.41, 5.74) is -0.872. The number of carbonyl (C=O) groups excluding carboxylic acids is 1. The molecule has 3 nitrogen and oxygen atoms in total. The second kappa shape index (κ2) is 4.82. The Morgan fingerprint density at radius 2 is 2.19 bits per heavy atom. The van der Waals surface area contributed by atoms with E-state index >= 15 is 0 Å². The van der Waals surface area contributed by atoms with E-state index in [1.807, 2.05) is 0 Å². The van der Waals surface area contributed by atoms with Gasteiger partial charge in [0.1, 0.15) is 0 Å². The Labute approximate surface area is 97.8 Å². The number of ether oxygens (including phenoxy) is 1. The topological polar surface area (TPSA) is 39.2 Å². The van der Waals surface area contributed by atoms with Crippen molar-refractivity contribution in [1.82, 2.24) is 4.98 Å². The number of methoxy groups -OCH3 is 1. The molecule has 0 saturated carbocycles. The summed E-state index contributed by atoms with van der Waals surface area (Å²) in [6, 6.07) is 0.869. The summed E-state index contributed by atoms with van der Waals surface area (Å²) < 4.78 is 41.4. The van der Waals surface area contributed by atoms with E-state index in [0.29, 0.717) is 6.20 Å². The quantitative estimate of drug-likeness (QED) is 0.622. The third-order valence-corrected chi connectivity index (χ3v) is 2.42. The number of rotatable bonds is 2. The summed E-state index contributed by atoms with van der Waals surface area (Å²) in [5, 5.41) is 0.0916. The first-order valence-corrected chi connectivity index (χ1v) is 5.22. The number of pyridine rings is 1. The Morgan fingerprint density at radius 1 is 1.56 bits per heavy atom. The van der Waals surface area contributed by atoms with E-state index in [1.54, 1.807) is 0 Å². The minimum atomic E-state index is -4.47. The Balaban J connectivity index is 3.22. The number of esters is 1. The van der Waals surface area contributed by atoms with Crippen molar-refractivity contribution in [2.24, 2.45) is 0 Å². The van der Waals surface area contributed by atoms with Crippen molar-refractivity contribution < 1.29 is 22.7 Å². The van der Waals surface area contributed by atoms with Gasteiger partial charge in [-0.1, -0.05) is 15.9 Å². The van der Waals surface area contributed by atoms with E-state index in [-0.39, 0.29) is 16.6 Å². The second-order valence-corrected chi connectivity index (χ2v) is 3.42. The van der Waals surface area contributed by atoms with Crippen LogP contribution in [0, 0.1) is 0 Å². The van der Waals surface area contributed by atoms with Gasteiger partial charge in [-0.25, -0.2) is 9.78 Å². The highest BCUT2D eigenvalue weighted by Gasteiger charge is 2.32. The molecule has 0 aliphatic carbocycles. The van der Waals surface area contributed by atoms with E-state index in [0.717, 1.165) is 13.2 Å². The van der Waals surface area contributed by atoms with Gasteiger partial charge in [-0.2, -0.15) is 13.2 Å². The molecule has 1 heterocycles. The largest absolute Gasteiger partial charge is 0.464 e. The molecule has 1 aromatic rings. The van der Waals surface area contributed by atoms with Gasteiger partial charge in [0, 0.05) is 11.5 Å². The molecule has 0 aliphatic rings. The Kier molecular flexibility index (Phi) is 3.90. The normalized spacial score (nSPS) is 11.3. The van der Waals surface area contributed by atoms with Gasteiger partial charge < -0.3 is 4.74 Å². The van der Waals surface area contributed by atoms with Gasteiger partial charge in [-0.05, 0) is 11.6 Å². The molecule has 7 heteroatoms. The third kappa shape index (κ3) is 2.72. The highest BCUT2D eigenvalue weighted by atomic mass is 79.9. The monoisotopic (exact) mass is 297 g/mol. The minimum Gasteiger partial charge on any atom is -0.464 e. The Bertz CT molecular complexity index is 406. The molecule has 0 amide bonds. The maximum Gasteiger partial charge on any atom is 0.417 e. The fourth-order valence-corrected chi connectivity index (χ4v) is 1.48. The zero-order valence-corrected chi connectivity index (χ0v) is 9.72. The molecule has 0 N–H and O–H groups in total. The molecule has 0 atom stereocenters. The van der Waals surface area contributed by atoms with E-state index in [2.05, 4.69) is 25.7 Å². The van der Waals surface area contributed by atoms with Gasteiger partial charge in [-0.15, -0.1) is 0 Å². The van der Waals surface area contributed by atoms with Crippen LogP contribution in [0.15, 0.2) is 12.3 Å². The van der Waals surface area contributed by atoms with Crippen molar-refractivity contribution >= 4 is 21.9 Å². The molecule has 1 aromatic heterocycles. The van der Waals surface area contributed by atoms with Gasteiger partial charge in [0.05, 0.1) is 12.7 Å². The molecular weight excluding hydrogens is 291 g/mol. The molecule has 0 radical (unpaired) electrons. The lowest BCUT2D eigenvalue weighted by atomic mass is 10.1. The Hall–Kier alpha value is -1.11. The van der Waals surface area contributed by atoms with Crippen LogP contribution in [0.2, 0.25) is 0 Å².